The second kappa shape index (κ2) is 5.54. The normalized spacial score (nSPS) is 18.1. The van der Waals surface area contributed by atoms with Crippen molar-refractivity contribution in [2.45, 2.75) is 31.8 Å². The summed E-state index contributed by atoms with van der Waals surface area (Å²) in [5, 5.41) is 0. The number of methoxy groups -OCH3 is 1. The first kappa shape index (κ1) is 12.4. The van der Waals surface area contributed by atoms with Gasteiger partial charge in [0.25, 0.3) is 0 Å². The maximum absolute atomic E-state index is 11.1. The highest BCUT2D eigenvalue weighted by Gasteiger charge is 2.20. The molecular formula is C13H15BrO3. The minimum absolute atomic E-state index is 0.128. The Hall–Kier alpha value is -1.03. The number of hydrogen-bond donors (Lipinski definition) is 0. The van der Waals surface area contributed by atoms with Gasteiger partial charge in [-0.3, -0.25) is 4.79 Å². The minimum Gasteiger partial charge on any atom is -0.490 e. The van der Waals surface area contributed by atoms with Crippen molar-refractivity contribution in [3.05, 3.63) is 28.2 Å². The van der Waals surface area contributed by atoms with Gasteiger partial charge in [0.15, 0.2) is 0 Å². The Morgan fingerprint density at radius 2 is 2.41 bits per heavy atom. The van der Waals surface area contributed by atoms with Gasteiger partial charge in [-0.25, -0.2) is 0 Å². The molecule has 1 aromatic rings. The molecule has 1 heterocycles. The number of fused-ring (bicyclic) bond motifs is 1. The summed E-state index contributed by atoms with van der Waals surface area (Å²) < 4.78 is 11.6. The van der Waals surface area contributed by atoms with Crippen LogP contribution in [0.1, 0.15) is 24.8 Å². The highest BCUT2D eigenvalue weighted by atomic mass is 79.9. The number of carbonyl (C=O) groups excluding carboxylic acids is 1. The monoisotopic (exact) mass is 298 g/mol. The van der Waals surface area contributed by atoms with E-state index < -0.39 is 0 Å². The lowest BCUT2D eigenvalue weighted by Gasteiger charge is -2.26. The van der Waals surface area contributed by atoms with Crippen LogP contribution in [0.4, 0.5) is 0 Å². The molecule has 4 heteroatoms. The number of benzene rings is 1. The molecule has 0 aliphatic carbocycles. The lowest BCUT2D eigenvalue weighted by atomic mass is 10.00. The molecule has 0 saturated heterocycles. The highest BCUT2D eigenvalue weighted by molar-refractivity contribution is 9.10. The minimum atomic E-state index is -0.171. The quantitative estimate of drug-likeness (QED) is 0.805. The average molecular weight is 299 g/mol. The number of carbonyl (C=O) groups is 1. The van der Waals surface area contributed by atoms with Crippen molar-refractivity contribution in [2.24, 2.45) is 0 Å². The van der Waals surface area contributed by atoms with Crippen molar-refractivity contribution in [1.82, 2.24) is 0 Å². The number of ether oxygens (including phenoxy) is 2. The third-order valence-electron chi connectivity index (χ3n) is 2.95. The Labute approximate surface area is 109 Å². The number of hydrogen-bond acceptors (Lipinski definition) is 3. The zero-order valence-corrected chi connectivity index (χ0v) is 11.3. The topological polar surface area (TPSA) is 35.5 Å². The smallest absolute Gasteiger partial charge is 0.305 e. The first-order chi connectivity index (χ1) is 8.19. The molecule has 0 amide bonds. The SMILES string of the molecule is COC(=O)CC[C@@H]1CCc2cc(Br)ccc2O1. The molecule has 1 aliphatic heterocycles. The lowest BCUT2D eigenvalue weighted by Crippen LogP contribution is -2.23. The lowest BCUT2D eigenvalue weighted by molar-refractivity contribution is -0.141. The third-order valence-corrected chi connectivity index (χ3v) is 3.44. The van der Waals surface area contributed by atoms with Crippen molar-refractivity contribution in [2.75, 3.05) is 7.11 Å². The molecule has 0 saturated carbocycles. The molecule has 0 bridgehead atoms. The third kappa shape index (κ3) is 3.22. The summed E-state index contributed by atoms with van der Waals surface area (Å²) >= 11 is 3.45. The summed E-state index contributed by atoms with van der Waals surface area (Å²) in [7, 11) is 1.41. The molecule has 1 aromatic carbocycles. The molecule has 0 radical (unpaired) electrons. The number of halogens is 1. The van der Waals surface area contributed by atoms with E-state index >= 15 is 0 Å². The van der Waals surface area contributed by atoms with Gasteiger partial charge >= 0.3 is 5.97 Å². The Morgan fingerprint density at radius 3 is 3.18 bits per heavy atom. The Morgan fingerprint density at radius 1 is 1.59 bits per heavy atom. The molecule has 1 atom stereocenters. The van der Waals surface area contributed by atoms with Crippen LogP contribution < -0.4 is 4.74 Å². The van der Waals surface area contributed by atoms with Crippen LogP contribution in [0.3, 0.4) is 0 Å². The predicted octanol–water partition coefficient (Wildman–Crippen LogP) is 3.10. The zero-order chi connectivity index (χ0) is 12.3. The standard InChI is InChI=1S/C13H15BrO3/c1-16-13(15)7-5-11-4-2-9-8-10(14)3-6-12(9)17-11/h3,6,8,11H,2,4-5,7H2,1H3/t11-/m0/s1. The van der Waals surface area contributed by atoms with Crippen LogP contribution in [0, 0.1) is 0 Å². The molecule has 92 valence electrons. The van der Waals surface area contributed by atoms with E-state index in [0.717, 1.165) is 29.5 Å². The van der Waals surface area contributed by atoms with Gasteiger partial charge in [0.05, 0.1) is 13.2 Å². The molecule has 17 heavy (non-hydrogen) atoms. The van der Waals surface area contributed by atoms with Crippen molar-refractivity contribution in [3.8, 4) is 5.75 Å². The molecule has 0 N–H and O–H groups in total. The molecule has 1 aliphatic rings. The van der Waals surface area contributed by atoms with Gasteiger partial charge in [0.1, 0.15) is 5.75 Å². The van der Waals surface area contributed by atoms with Crippen LogP contribution in [-0.4, -0.2) is 19.2 Å². The number of aryl methyl sites for hydroxylation is 1. The van der Waals surface area contributed by atoms with E-state index in [0.29, 0.717) is 6.42 Å². The van der Waals surface area contributed by atoms with Crippen LogP contribution >= 0.6 is 15.9 Å². The predicted molar refractivity (Wildman–Crippen MR) is 68.1 cm³/mol. The van der Waals surface area contributed by atoms with Crippen molar-refractivity contribution >= 4 is 21.9 Å². The largest absolute Gasteiger partial charge is 0.490 e. The molecule has 3 nitrogen and oxygen atoms in total. The summed E-state index contributed by atoms with van der Waals surface area (Å²) in [6.45, 7) is 0. The summed E-state index contributed by atoms with van der Waals surface area (Å²) in [5.41, 5.74) is 1.23. The second-order valence-electron chi connectivity index (χ2n) is 4.15. The van der Waals surface area contributed by atoms with E-state index in [1.165, 1.54) is 12.7 Å². The maximum atomic E-state index is 11.1. The van der Waals surface area contributed by atoms with Crippen LogP contribution in [0.25, 0.3) is 0 Å². The molecule has 0 spiro atoms. The Kier molecular flexibility index (Phi) is 4.05. The fourth-order valence-electron chi connectivity index (χ4n) is 2.00. The van der Waals surface area contributed by atoms with Crippen molar-refractivity contribution < 1.29 is 14.3 Å². The molecule has 0 fully saturated rings. The summed E-state index contributed by atoms with van der Waals surface area (Å²) in [6.07, 6.45) is 3.23. The number of rotatable bonds is 3. The van der Waals surface area contributed by atoms with E-state index in [1.807, 2.05) is 12.1 Å². The Bertz CT molecular complexity index is 417. The van der Waals surface area contributed by atoms with E-state index in [1.54, 1.807) is 0 Å². The number of esters is 1. The van der Waals surface area contributed by atoms with Crippen molar-refractivity contribution in [1.29, 1.82) is 0 Å². The maximum Gasteiger partial charge on any atom is 0.305 e. The molecule has 0 unspecified atom stereocenters. The van der Waals surface area contributed by atoms with Crippen LogP contribution in [0.2, 0.25) is 0 Å². The van der Waals surface area contributed by atoms with E-state index in [9.17, 15) is 4.79 Å². The van der Waals surface area contributed by atoms with Crippen LogP contribution in [0.5, 0.6) is 5.75 Å². The first-order valence-electron chi connectivity index (χ1n) is 5.71. The molecular weight excluding hydrogens is 284 g/mol. The van der Waals surface area contributed by atoms with Gasteiger partial charge in [0, 0.05) is 10.9 Å². The average Bonchev–Trinajstić information content (AvgIpc) is 2.35. The van der Waals surface area contributed by atoms with E-state index in [4.69, 9.17) is 4.74 Å². The van der Waals surface area contributed by atoms with Gasteiger partial charge in [-0.2, -0.15) is 0 Å². The fourth-order valence-corrected chi connectivity index (χ4v) is 2.41. The summed E-state index contributed by atoms with van der Waals surface area (Å²) in [5.74, 6) is 0.768. The summed E-state index contributed by atoms with van der Waals surface area (Å²) in [4.78, 5) is 11.1. The fraction of sp³-hybridized carbons (Fsp3) is 0.462. The van der Waals surface area contributed by atoms with Gasteiger partial charge < -0.3 is 9.47 Å². The Balaban J connectivity index is 1.94. The van der Waals surface area contributed by atoms with E-state index in [-0.39, 0.29) is 12.1 Å². The molecule has 0 aromatic heterocycles. The molecule has 2 rings (SSSR count). The highest BCUT2D eigenvalue weighted by Crippen LogP contribution is 2.31. The van der Waals surface area contributed by atoms with Gasteiger partial charge in [-0.15, -0.1) is 0 Å². The van der Waals surface area contributed by atoms with Gasteiger partial charge in [-0.1, -0.05) is 15.9 Å². The van der Waals surface area contributed by atoms with Crippen LogP contribution in [0.15, 0.2) is 22.7 Å². The van der Waals surface area contributed by atoms with Gasteiger partial charge in [0.2, 0.25) is 0 Å². The van der Waals surface area contributed by atoms with Crippen molar-refractivity contribution in [3.63, 3.8) is 0 Å². The zero-order valence-electron chi connectivity index (χ0n) is 9.74. The van der Waals surface area contributed by atoms with Gasteiger partial charge in [-0.05, 0) is 43.0 Å². The summed E-state index contributed by atoms with van der Waals surface area (Å²) in [6, 6.07) is 6.04. The van der Waals surface area contributed by atoms with Crippen LogP contribution in [-0.2, 0) is 16.0 Å². The van der Waals surface area contributed by atoms with E-state index in [2.05, 4.69) is 26.7 Å². The first-order valence-corrected chi connectivity index (χ1v) is 6.50. The second-order valence-corrected chi connectivity index (χ2v) is 5.06.